The molecule has 0 fully saturated rings. The highest BCUT2D eigenvalue weighted by molar-refractivity contribution is 9.10. The molecule has 78 valence electrons. The fourth-order valence-electron chi connectivity index (χ4n) is 1.32. The summed E-state index contributed by atoms with van der Waals surface area (Å²) < 4.78 is 0.938. The maximum absolute atomic E-state index is 5.82. The van der Waals surface area contributed by atoms with E-state index in [1.54, 1.807) is 6.20 Å². The highest BCUT2D eigenvalue weighted by atomic mass is 79.9. The molecule has 0 saturated carbocycles. The molecular formula is C10H14BrClN2. The minimum Gasteiger partial charge on any atom is -0.358 e. The Hall–Kier alpha value is -0.280. The van der Waals surface area contributed by atoms with Gasteiger partial charge in [0.1, 0.15) is 5.82 Å². The van der Waals surface area contributed by atoms with E-state index in [-0.39, 0.29) is 0 Å². The molecule has 0 unspecified atom stereocenters. The van der Waals surface area contributed by atoms with Gasteiger partial charge in [0, 0.05) is 19.8 Å². The van der Waals surface area contributed by atoms with Crippen LogP contribution in [0.2, 0.25) is 5.02 Å². The van der Waals surface area contributed by atoms with Crippen LogP contribution in [-0.2, 0) is 0 Å². The summed E-state index contributed by atoms with van der Waals surface area (Å²) in [6.45, 7) is 5.34. The van der Waals surface area contributed by atoms with Crippen LogP contribution < -0.4 is 4.90 Å². The Bertz CT molecular complexity index is 315. The number of nitrogens with zero attached hydrogens (tertiary/aromatic N) is 2. The maximum atomic E-state index is 5.82. The molecule has 0 atom stereocenters. The summed E-state index contributed by atoms with van der Waals surface area (Å²) in [5.74, 6) is 1.55. The van der Waals surface area contributed by atoms with Gasteiger partial charge < -0.3 is 4.90 Å². The third-order valence-electron chi connectivity index (χ3n) is 1.79. The number of anilines is 1. The monoisotopic (exact) mass is 276 g/mol. The molecule has 0 bridgehead atoms. The van der Waals surface area contributed by atoms with Crippen molar-refractivity contribution >= 4 is 33.3 Å². The molecule has 4 heteroatoms. The van der Waals surface area contributed by atoms with Gasteiger partial charge in [0.15, 0.2) is 0 Å². The molecular weight excluding hydrogens is 263 g/mol. The highest BCUT2D eigenvalue weighted by Crippen LogP contribution is 2.25. The first kappa shape index (κ1) is 11.8. The molecule has 14 heavy (non-hydrogen) atoms. The van der Waals surface area contributed by atoms with Crippen molar-refractivity contribution in [2.45, 2.75) is 13.8 Å². The first-order valence-corrected chi connectivity index (χ1v) is 5.70. The standard InChI is InChI=1S/C10H14BrClN2/c1-7(2)6-14(3)10-9(11)4-8(12)5-13-10/h4-5,7H,6H2,1-3H3. The number of hydrogen-bond acceptors (Lipinski definition) is 2. The molecule has 0 amide bonds. The Morgan fingerprint density at radius 2 is 2.21 bits per heavy atom. The third kappa shape index (κ3) is 3.14. The smallest absolute Gasteiger partial charge is 0.142 e. The minimum absolute atomic E-state index is 0.615. The van der Waals surface area contributed by atoms with Crippen molar-refractivity contribution in [1.29, 1.82) is 0 Å². The van der Waals surface area contributed by atoms with E-state index in [1.165, 1.54) is 0 Å². The van der Waals surface area contributed by atoms with Gasteiger partial charge in [0.2, 0.25) is 0 Å². The molecule has 2 nitrogen and oxygen atoms in total. The number of rotatable bonds is 3. The number of pyridine rings is 1. The van der Waals surface area contributed by atoms with Crippen molar-refractivity contribution in [2.75, 3.05) is 18.5 Å². The van der Waals surface area contributed by atoms with E-state index < -0.39 is 0 Å². The summed E-state index contributed by atoms with van der Waals surface area (Å²) in [4.78, 5) is 6.39. The van der Waals surface area contributed by atoms with Crippen molar-refractivity contribution in [3.05, 3.63) is 21.8 Å². The van der Waals surface area contributed by atoms with E-state index in [4.69, 9.17) is 11.6 Å². The SMILES string of the molecule is CC(C)CN(C)c1ncc(Cl)cc1Br. The summed E-state index contributed by atoms with van der Waals surface area (Å²) in [5, 5.41) is 0.651. The number of hydrogen-bond donors (Lipinski definition) is 0. The van der Waals surface area contributed by atoms with Gasteiger partial charge in [-0.3, -0.25) is 0 Å². The van der Waals surface area contributed by atoms with E-state index >= 15 is 0 Å². The predicted molar refractivity (Wildman–Crippen MR) is 65.1 cm³/mol. The second-order valence-corrected chi connectivity index (χ2v) is 5.02. The van der Waals surface area contributed by atoms with Crippen LogP contribution in [-0.4, -0.2) is 18.6 Å². The molecule has 0 aliphatic rings. The number of aromatic nitrogens is 1. The molecule has 0 radical (unpaired) electrons. The summed E-state index contributed by atoms with van der Waals surface area (Å²) >= 11 is 9.27. The van der Waals surface area contributed by atoms with Gasteiger partial charge in [-0.25, -0.2) is 4.98 Å². The minimum atomic E-state index is 0.615. The fourth-order valence-corrected chi connectivity index (χ4v) is 2.26. The summed E-state index contributed by atoms with van der Waals surface area (Å²) in [6.07, 6.45) is 1.67. The molecule has 0 N–H and O–H groups in total. The molecule has 0 aliphatic carbocycles. The zero-order valence-electron chi connectivity index (χ0n) is 8.59. The molecule has 0 aliphatic heterocycles. The van der Waals surface area contributed by atoms with Gasteiger partial charge in [-0.15, -0.1) is 0 Å². The lowest BCUT2D eigenvalue weighted by Crippen LogP contribution is -2.23. The van der Waals surface area contributed by atoms with Crippen LogP contribution in [0.15, 0.2) is 16.7 Å². The van der Waals surface area contributed by atoms with Gasteiger partial charge >= 0.3 is 0 Å². The molecule has 1 heterocycles. The lowest BCUT2D eigenvalue weighted by molar-refractivity contribution is 0.634. The lowest BCUT2D eigenvalue weighted by Gasteiger charge is -2.21. The highest BCUT2D eigenvalue weighted by Gasteiger charge is 2.08. The van der Waals surface area contributed by atoms with E-state index in [9.17, 15) is 0 Å². The Kier molecular flexibility index (Phi) is 4.20. The van der Waals surface area contributed by atoms with Crippen LogP contribution >= 0.6 is 27.5 Å². The Morgan fingerprint density at radius 1 is 1.57 bits per heavy atom. The van der Waals surface area contributed by atoms with Gasteiger partial charge in [-0.2, -0.15) is 0 Å². The van der Waals surface area contributed by atoms with Gasteiger partial charge in [0.25, 0.3) is 0 Å². The average Bonchev–Trinajstić information content (AvgIpc) is 2.01. The van der Waals surface area contributed by atoms with Crippen LogP contribution in [0.5, 0.6) is 0 Å². The van der Waals surface area contributed by atoms with E-state index in [0.717, 1.165) is 16.8 Å². The van der Waals surface area contributed by atoms with Crippen LogP contribution in [0, 0.1) is 5.92 Å². The second-order valence-electron chi connectivity index (χ2n) is 3.73. The van der Waals surface area contributed by atoms with Gasteiger partial charge in [-0.05, 0) is 27.9 Å². The maximum Gasteiger partial charge on any atom is 0.142 e. The van der Waals surface area contributed by atoms with Crippen molar-refractivity contribution in [3.8, 4) is 0 Å². The molecule has 1 rings (SSSR count). The second kappa shape index (κ2) is 4.99. The average molecular weight is 278 g/mol. The molecule has 1 aromatic rings. The van der Waals surface area contributed by atoms with Crippen molar-refractivity contribution in [3.63, 3.8) is 0 Å². The topological polar surface area (TPSA) is 16.1 Å². The summed E-state index contributed by atoms with van der Waals surface area (Å²) in [7, 11) is 2.03. The van der Waals surface area contributed by atoms with Crippen LogP contribution in [0.1, 0.15) is 13.8 Å². The Balaban J connectivity index is 2.84. The van der Waals surface area contributed by atoms with Crippen molar-refractivity contribution < 1.29 is 0 Å². The fraction of sp³-hybridized carbons (Fsp3) is 0.500. The Labute approximate surface area is 98.4 Å². The number of halogens is 2. The van der Waals surface area contributed by atoms with Gasteiger partial charge in [0.05, 0.1) is 9.50 Å². The molecule has 0 spiro atoms. The van der Waals surface area contributed by atoms with Crippen LogP contribution in [0.3, 0.4) is 0 Å². The molecule has 0 aromatic carbocycles. The molecule has 1 aromatic heterocycles. The van der Waals surface area contributed by atoms with Gasteiger partial charge in [-0.1, -0.05) is 25.4 Å². The first-order valence-electron chi connectivity index (χ1n) is 4.53. The third-order valence-corrected chi connectivity index (χ3v) is 2.58. The summed E-state index contributed by atoms with van der Waals surface area (Å²) in [5.41, 5.74) is 0. The van der Waals surface area contributed by atoms with E-state index in [2.05, 4.69) is 39.7 Å². The Morgan fingerprint density at radius 3 is 2.71 bits per heavy atom. The van der Waals surface area contributed by atoms with Crippen LogP contribution in [0.4, 0.5) is 5.82 Å². The largest absolute Gasteiger partial charge is 0.358 e. The quantitative estimate of drug-likeness (QED) is 0.839. The van der Waals surface area contributed by atoms with Crippen LogP contribution in [0.25, 0.3) is 0 Å². The predicted octanol–water partition coefficient (Wildman–Crippen LogP) is 3.59. The zero-order chi connectivity index (χ0) is 10.7. The van der Waals surface area contributed by atoms with Crippen molar-refractivity contribution in [1.82, 2.24) is 4.98 Å². The molecule has 0 saturated heterocycles. The van der Waals surface area contributed by atoms with E-state index in [0.29, 0.717) is 10.9 Å². The lowest BCUT2D eigenvalue weighted by atomic mass is 10.2. The normalized spacial score (nSPS) is 10.7. The summed E-state index contributed by atoms with van der Waals surface area (Å²) in [6, 6.07) is 1.86. The van der Waals surface area contributed by atoms with Crippen molar-refractivity contribution in [2.24, 2.45) is 5.92 Å². The van der Waals surface area contributed by atoms with E-state index in [1.807, 2.05) is 13.1 Å². The first-order chi connectivity index (χ1) is 6.50. The zero-order valence-corrected chi connectivity index (χ0v) is 10.9.